The minimum Gasteiger partial charge on any atom is -0.872 e. The molecule has 0 bridgehead atoms. The molecular weight excluding hydrogens is 406 g/mol. The number of piperidine rings is 1. The van der Waals surface area contributed by atoms with Gasteiger partial charge >= 0.3 is 0 Å². The number of hydrogen-bond acceptors (Lipinski definition) is 5. The van der Waals surface area contributed by atoms with E-state index in [-0.39, 0.29) is 24.1 Å². The fraction of sp³-hybridized carbons (Fsp3) is 0.348. The highest BCUT2D eigenvalue weighted by Crippen LogP contribution is 2.40. The first-order chi connectivity index (χ1) is 14.6. The van der Waals surface area contributed by atoms with Gasteiger partial charge < -0.3 is 24.2 Å². The van der Waals surface area contributed by atoms with E-state index in [0.717, 1.165) is 31.5 Å². The van der Waals surface area contributed by atoms with Crippen LogP contribution < -0.4 is 19.5 Å². The number of allylic oxidation sites excluding steroid dienone is 1. The van der Waals surface area contributed by atoms with Crippen LogP contribution in [-0.2, 0) is 17.9 Å². The van der Waals surface area contributed by atoms with Gasteiger partial charge in [0.25, 0.3) is 0 Å². The van der Waals surface area contributed by atoms with Crippen LogP contribution >= 0.6 is 11.6 Å². The Bertz CT molecular complexity index is 1040. The Labute approximate surface area is 179 Å². The van der Waals surface area contributed by atoms with Gasteiger partial charge in [-0.25, -0.2) is 0 Å². The maximum absolute atomic E-state index is 13.0. The van der Waals surface area contributed by atoms with E-state index in [1.165, 1.54) is 17.4 Å². The molecular formula is C23H22ClNO5. The summed E-state index contributed by atoms with van der Waals surface area (Å²) in [5.41, 5.74) is 2.49. The molecule has 3 aliphatic rings. The number of carbonyl (C=O) groups excluding carboxylic acids is 1. The lowest BCUT2D eigenvalue weighted by molar-refractivity contribution is -0.918. The Kier molecular flexibility index (Phi) is 5.15. The van der Waals surface area contributed by atoms with Gasteiger partial charge in [-0.1, -0.05) is 23.4 Å². The van der Waals surface area contributed by atoms with Crippen molar-refractivity contribution in [1.82, 2.24) is 0 Å². The van der Waals surface area contributed by atoms with E-state index in [9.17, 15) is 9.90 Å². The lowest BCUT2D eigenvalue weighted by Crippen LogP contribution is -3.11. The highest BCUT2D eigenvalue weighted by Gasteiger charge is 2.32. The van der Waals surface area contributed by atoms with E-state index in [0.29, 0.717) is 46.4 Å². The quantitative estimate of drug-likeness (QED) is 0.762. The van der Waals surface area contributed by atoms with Crippen LogP contribution in [0.3, 0.4) is 0 Å². The third-order valence-electron chi connectivity index (χ3n) is 5.88. The van der Waals surface area contributed by atoms with Gasteiger partial charge in [0.1, 0.15) is 18.0 Å². The first kappa shape index (κ1) is 19.4. The van der Waals surface area contributed by atoms with E-state index < -0.39 is 0 Å². The number of rotatable bonds is 3. The molecule has 3 heterocycles. The Morgan fingerprint density at radius 1 is 1.13 bits per heavy atom. The summed E-state index contributed by atoms with van der Waals surface area (Å²) in [5, 5.41) is 13.1. The lowest BCUT2D eigenvalue weighted by Gasteiger charge is -2.26. The molecule has 5 rings (SSSR count). The third kappa shape index (κ3) is 3.55. The van der Waals surface area contributed by atoms with Crippen LogP contribution in [0.1, 0.15) is 46.3 Å². The average molecular weight is 428 g/mol. The zero-order valence-corrected chi connectivity index (χ0v) is 17.2. The molecule has 0 aliphatic carbocycles. The number of ether oxygens (including phenoxy) is 3. The van der Waals surface area contributed by atoms with Gasteiger partial charge in [0.05, 0.1) is 25.3 Å². The molecule has 1 N–H and O–H groups in total. The molecule has 2 aromatic rings. The molecule has 6 nitrogen and oxygen atoms in total. The van der Waals surface area contributed by atoms with Gasteiger partial charge in [-0.2, -0.15) is 0 Å². The molecule has 0 spiro atoms. The second-order valence-electron chi connectivity index (χ2n) is 7.94. The molecule has 0 radical (unpaired) electrons. The number of carbonyl (C=O) groups is 1. The van der Waals surface area contributed by atoms with E-state index >= 15 is 0 Å². The van der Waals surface area contributed by atoms with Crippen molar-refractivity contribution in [3.8, 4) is 17.2 Å². The first-order valence-electron chi connectivity index (χ1n) is 10.2. The van der Waals surface area contributed by atoms with E-state index in [1.54, 1.807) is 24.3 Å². The van der Waals surface area contributed by atoms with Crippen molar-refractivity contribution >= 4 is 23.5 Å². The van der Waals surface area contributed by atoms with Crippen molar-refractivity contribution in [1.29, 1.82) is 0 Å². The largest absolute Gasteiger partial charge is 0.872 e. The van der Waals surface area contributed by atoms with E-state index in [1.807, 2.05) is 0 Å². The molecule has 0 aromatic heterocycles. The van der Waals surface area contributed by atoms with Crippen molar-refractivity contribution in [3.63, 3.8) is 0 Å². The number of nitrogens with one attached hydrogen (secondary N) is 1. The number of likely N-dealkylation sites (tertiary alicyclic amines) is 1. The number of fused-ring (bicyclic) bond motifs is 2. The van der Waals surface area contributed by atoms with Gasteiger partial charge in [-0.3, -0.25) is 4.79 Å². The Hall–Kier alpha value is -2.54. The summed E-state index contributed by atoms with van der Waals surface area (Å²) in [7, 11) is 0. The van der Waals surface area contributed by atoms with Crippen LogP contribution in [0.2, 0.25) is 5.02 Å². The SMILES string of the molecule is O=C1/C(=C/c2cc(Cl)cc3c2OCOC3)Oc2c1ccc([O-])c2C[NH+]1CCCCC1. The van der Waals surface area contributed by atoms with Crippen LogP contribution in [0.5, 0.6) is 17.2 Å². The topological polar surface area (TPSA) is 72.3 Å². The molecule has 0 amide bonds. The summed E-state index contributed by atoms with van der Waals surface area (Å²) in [4.78, 5) is 14.4. The molecule has 0 unspecified atom stereocenters. The Morgan fingerprint density at radius 2 is 1.97 bits per heavy atom. The minimum absolute atomic E-state index is 0.0820. The number of halogens is 1. The van der Waals surface area contributed by atoms with Gasteiger partial charge in [0.2, 0.25) is 5.78 Å². The Balaban J connectivity index is 1.50. The number of Topliss-reactive ketones (excluding diaryl/α,β-unsaturated/α-hetero) is 1. The number of quaternary nitrogens is 1. The fourth-order valence-corrected chi connectivity index (χ4v) is 4.64. The smallest absolute Gasteiger partial charge is 0.231 e. The van der Waals surface area contributed by atoms with Crippen LogP contribution in [0.4, 0.5) is 0 Å². The molecule has 0 saturated carbocycles. The van der Waals surface area contributed by atoms with Crippen molar-refractivity contribution in [2.75, 3.05) is 19.9 Å². The lowest BCUT2D eigenvalue weighted by atomic mass is 10.0. The number of benzene rings is 2. The normalized spacial score (nSPS) is 19.9. The van der Waals surface area contributed by atoms with Gasteiger partial charge in [0.15, 0.2) is 12.6 Å². The highest BCUT2D eigenvalue weighted by molar-refractivity contribution is 6.31. The summed E-state index contributed by atoms with van der Waals surface area (Å²) in [6.45, 7) is 3.18. The van der Waals surface area contributed by atoms with Gasteiger partial charge in [-0.15, -0.1) is 0 Å². The summed E-state index contributed by atoms with van der Waals surface area (Å²) in [6.07, 6.45) is 5.19. The maximum Gasteiger partial charge on any atom is 0.231 e. The van der Waals surface area contributed by atoms with Crippen LogP contribution in [-0.4, -0.2) is 25.7 Å². The predicted molar refractivity (Wildman–Crippen MR) is 109 cm³/mol. The Morgan fingerprint density at radius 3 is 2.80 bits per heavy atom. The predicted octanol–water partition coefficient (Wildman–Crippen LogP) is 2.47. The first-order valence-corrected chi connectivity index (χ1v) is 10.6. The number of ketones is 1. The van der Waals surface area contributed by atoms with Gasteiger partial charge in [0, 0.05) is 21.7 Å². The fourth-order valence-electron chi connectivity index (χ4n) is 4.39. The average Bonchev–Trinajstić information content (AvgIpc) is 3.06. The second kappa shape index (κ2) is 7.95. The maximum atomic E-state index is 13.0. The van der Waals surface area contributed by atoms with Crippen LogP contribution in [0, 0.1) is 0 Å². The summed E-state index contributed by atoms with van der Waals surface area (Å²) in [6, 6.07) is 6.56. The molecule has 7 heteroatoms. The summed E-state index contributed by atoms with van der Waals surface area (Å²) < 4.78 is 16.9. The van der Waals surface area contributed by atoms with E-state index in [4.69, 9.17) is 25.8 Å². The van der Waals surface area contributed by atoms with Crippen LogP contribution in [0.15, 0.2) is 30.0 Å². The zero-order chi connectivity index (χ0) is 20.7. The van der Waals surface area contributed by atoms with Gasteiger partial charge in [-0.05, 0) is 43.5 Å². The molecule has 1 fully saturated rings. The molecule has 2 aromatic carbocycles. The minimum atomic E-state index is -0.235. The van der Waals surface area contributed by atoms with Crippen LogP contribution in [0.25, 0.3) is 6.08 Å². The molecule has 3 aliphatic heterocycles. The summed E-state index contributed by atoms with van der Waals surface area (Å²) in [5.74, 6) is 0.886. The third-order valence-corrected chi connectivity index (χ3v) is 6.09. The molecule has 30 heavy (non-hydrogen) atoms. The summed E-state index contributed by atoms with van der Waals surface area (Å²) >= 11 is 6.24. The van der Waals surface area contributed by atoms with Crippen molar-refractivity contribution in [2.24, 2.45) is 0 Å². The van der Waals surface area contributed by atoms with Crippen molar-refractivity contribution in [3.05, 3.63) is 57.3 Å². The number of hydrogen-bond donors (Lipinski definition) is 1. The standard InChI is InChI=1S/C23H22ClNO5/c24-16-8-14(22-15(9-16)12-28-13-29-22)10-20-21(27)17-4-5-19(26)18(23(17)30-20)11-25-6-2-1-3-7-25/h4-5,8-10,26H,1-3,6-7,11-13H2/b20-10-. The van der Waals surface area contributed by atoms with E-state index in [2.05, 4.69) is 0 Å². The van der Waals surface area contributed by atoms with Crippen molar-refractivity contribution < 1.29 is 29.0 Å². The van der Waals surface area contributed by atoms with Crippen molar-refractivity contribution in [2.45, 2.75) is 32.4 Å². The monoisotopic (exact) mass is 427 g/mol. The molecule has 156 valence electrons. The second-order valence-corrected chi connectivity index (χ2v) is 8.38. The molecule has 1 saturated heterocycles. The zero-order valence-electron chi connectivity index (χ0n) is 16.5. The highest BCUT2D eigenvalue weighted by atomic mass is 35.5. The molecule has 0 atom stereocenters.